The number of nitrogens with zero attached hydrogens (tertiary/aromatic N) is 1. The third kappa shape index (κ3) is 2.55. The van der Waals surface area contributed by atoms with Crippen LogP contribution in [0.2, 0.25) is 0 Å². The molecular formula is C11H11FN2O4. The molecule has 0 bridgehead atoms. The molecule has 7 heteroatoms. The Labute approximate surface area is 102 Å². The highest BCUT2D eigenvalue weighted by molar-refractivity contribution is 5.79. The maximum absolute atomic E-state index is 12.9. The lowest BCUT2D eigenvalue weighted by atomic mass is 10.1. The minimum absolute atomic E-state index is 0.0212. The fraction of sp³-hybridized carbons (Fsp3) is 0.364. The number of carboxylic acids is 1. The van der Waals surface area contributed by atoms with Gasteiger partial charge in [0, 0.05) is 0 Å². The number of carbonyl (C=O) groups is 1. The first-order valence-electron chi connectivity index (χ1n) is 5.42. The minimum Gasteiger partial charge on any atom is -0.480 e. The summed E-state index contributed by atoms with van der Waals surface area (Å²) in [7, 11) is 0. The molecule has 0 heterocycles. The summed E-state index contributed by atoms with van der Waals surface area (Å²) in [4.78, 5) is 21.1. The molecule has 0 amide bonds. The Kier molecular flexibility index (Phi) is 3.14. The van der Waals surface area contributed by atoms with Crippen molar-refractivity contribution in [3.05, 3.63) is 34.1 Å². The van der Waals surface area contributed by atoms with E-state index in [1.165, 1.54) is 6.07 Å². The molecule has 96 valence electrons. The highest BCUT2D eigenvalue weighted by Crippen LogP contribution is 2.36. The van der Waals surface area contributed by atoms with E-state index in [1.54, 1.807) is 0 Å². The van der Waals surface area contributed by atoms with Gasteiger partial charge in [-0.15, -0.1) is 0 Å². The van der Waals surface area contributed by atoms with Crippen LogP contribution in [0.5, 0.6) is 0 Å². The van der Waals surface area contributed by atoms with Crippen molar-refractivity contribution in [3.63, 3.8) is 0 Å². The summed E-state index contributed by atoms with van der Waals surface area (Å²) in [6.45, 7) is 0. The van der Waals surface area contributed by atoms with Crippen LogP contribution in [0.4, 0.5) is 15.8 Å². The van der Waals surface area contributed by atoms with Crippen molar-refractivity contribution in [1.29, 1.82) is 0 Å². The van der Waals surface area contributed by atoms with Gasteiger partial charge in [-0.3, -0.25) is 10.1 Å². The van der Waals surface area contributed by atoms with E-state index in [4.69, 9.17) is 5.11 Å². The predicted molar refractivity (Wildman–Crippen MR) is 60.8 cm³/mol. The average molecular weight is 254 g/mol. The Hall–Kier alpha value is -2.18. The summed E-state index contributed by atoms with van der Waals surface area (Å²) in [6, 6.07) is 2.15. The summed E-state index contributed by atoms with van der Waals surface area (Å²) < 4.78 is 12.9. The average Bonchev–Trinajstić information content (AvgIpc) is 3.10. The SMILES string of the molecule is O=C(O)C(Nc1ccc(F)cc1[N+](=O)[O-])C1CC1. The third-order valence-corrected chi connectivity index (χ3v) is 2.83. The molecule has 1 aliphatic rings. The van der Waals surface area contributed by atoms with E-state index in [9.17, 15) is 19.3 Å². The molecule has 0 radical (unpaired) electrons. The Morgan fingerprint density at radius 2 is 2.22 bits per heavy atom. The molecule has 1 aromatic carbocycles. The number of carboxylic acid groups (broad SMARTS) is 1. The van der Waals surface area contributed by atoms with Crippen LogP contribution in [0.1, 0.15) is 12.8 Å². The lowest BCUT2D eigenvalue weighted by molar-refractivity contribution is -0.384. The third-order valence-electron chi connectivity index (χ3n) is 2.83. The summed E-state index contributed by atoms with van der Waals surface area (Å²) in [5.74, 6) is -1.81. The molecule has 0 saturated heterocycles. The Balaban J connectivity index is 2.27. The molecule has 6 nitrogen and oxygen atoms in total. The maximum atomic E-state index is 12.9. The number of nitro benzene ring substituents is 1. The first kappa shape index (κ1) is 12.3. The standard InChI is InChI=1S/C11H11FN2O4/c12-7-3-4-8(9(5-7)14(17)18)13-10(11(15)16)6-1-2-6/h3-6,10,13H,1-2H2,(H,15,16). The van der Waals surface area contributed by atoms with Crippen molar-refractivity contribution in [2.75, 3.05) is 5.32 Å². The maximum Gasteiger partial charge on any atom is 0.326 e. The molecule has 1 atom stereocenters. The van der Waals surface area contributed by atoms with Gasteiger partial charge in [0.2, 0.25) is 0 Å². The lowest BCUT2D eigenvalue weighted by Gasteiger charge is -2.14. The number of hydrogen-bond acceptors (Lipinski definition) is 4. The number of hydrogen-bond donors (Lipinski definition) is 2. The number of aliphatic carboxylic acids is 1. The van der Waals surface area contributed by atoms with E-state index >= 15 is 0 Å². The number of anilines is 1. The summed E-state index contributed by atoms with van der Waals surface area (Å²) in [5.41, 5.74) is -0.428. The molecule has 1 fully saturated rings. The zero-order valence-electron chi connectivity index (χ0n) is 9.30. The number of benzene rings is 1. The van der Waals surface area contributed by atoms with Gasteiger partial charge in [-0.2, -0.15) is 0 Å². The molecular weight excluding hydrogens is 243 g/mol. The Morgan fingerprint density at radius 1 is 1.56 bits per heavy atom. The number of nitrogens with one attached hydrogen (secondary N) is 1. The zero-order chi connectivity index (χ0) is 13.3. The highest BCUT2D eigenvalue weighted by Gasteiger charge is 2.37. The molecule has 0 aliphatic heterocycles. The van der Waals surface area contributed by atoms with Gasteiger partial charge in [-0.25, -0.2) is 9.18 Å². The molecule has 1 aliphatic carbocycles. The van der Waals surface area contributed by atoms with Crippen molar-refractivity contribution < 1.29 is 19.2 Å². The summed E-state index contributed by atoms with van der Waals surface area (Å²) >= 11 is 0. The second-order valence-electron chi connectivity index (χ2n) is 4.22. The normalized spacial score (nSPS) is 16.1. The van der Waals surface area contributed by atoms with E-state index in [0.29, 0.717) is 0 Å². The van der Waals surface area contributed by atoms with E-state index in [-0.39, 0.29) is 11.6 Å². The van der Waals surface area contributed by atoms with Crippen molar-refractivity contribution >= 4 is 17.3 Å². The molecule has 2 N–H and O–H groups in total. The summed E-state index contributed by atoms with van der Waals surface area (Å²) in [5, 5.41) is 22.4. The van der Waals surface area contributed by atoms with Crippen LogP contribution >= 0.6 is 0 Å². The fourth-order valence-electron chi connectivity index (χ4n) is 1.76. The first-order valence-corrected chi connectivity index (χ1v) is 5.42. The van der Waals surface area contributed by atoms with Gasteiger partial charge in [0.15, 0.2) is 0 Å². The quantitative estimate of drug-likeness (QED) is 0.619. The zero-order valence-corrected chi connectivity index (χ0v) is 9.30. The van der Waals surface area contributed by atoms with Gasteiger partial charge in [-0.1, -0.05) is 0 Å². The van der Waals surface area contributed by atoms with E-state index in [1.807, 2.05) is 0 Å². The largest absolute Gasteiger partial charge is 0.480 e. The predicted octanol–water partition coefficient (Wildman–Crippen LogP) is 2.01. The summed E-state index contributed by atoms with van der Waals surface area (Å²) in [6.07, 6.45) is 1.55. The topological polar surface area (TPSA) is 92.5 Å². The second-order valence-corrected chi connectivity index (χ2v) is 4.22. The molecule has 0 spiro atoms. The second kappa shape index (κ2) is 4.59. The molecule has 18 heavy (non-hydrogen) atoms. The van der Waals surface area contributed by atoms with Crippen molar-refractivity contribution in [1.82, 2.24) is 0 Å². The molecule has 0 aromatic heterocycles. The number of halogens is 1. The van der Waals surface area contributed by atoms with E-state index in [2.05, 4.69) is 5.32 Å². The van der Waals surface area contributed by atoms with Gasteiger partial charge in [0.1, 0.15) is 17.5 Å². The monoisotopic (exact) mass is 254 g/mol. The van der Waals surface area contributed by atoms with E-state index in [0.717, 1.165) is 25.0 Å². The van der Waals surface area contributed by atoms with Crippen molar-refractivity contribution in [2.24, 2.45) is 5.92 Å². The molecule has 2 rings (SSSR count). The Morgan fingerprint density at radius 3 is 2.72 bits per heavy atom. The first-order chi connectivity index (χ1) is 8.49. The highest BCUT2D eigenvalue weighted by atomic mass is 19.1. The Bertz CT molecular complexity index is 502. The van der Waals surface area contributed by atoms with Gasteiger partial charge in [0.05, 0.1) is 11.0 Å². The van der Waals surface area contributed by atoms with Crippen LogP contribution in [0.3, 0.4) is 0 Å². The van der Waals surface area contributed by atoms with Gasteiger partial charge in [-0.05, 0) is 30.9 Å². The molecule has 1 saturated carbocycles. The van der Waals surface area contributed by atoms with Crippen LogP contribution in [-0.4, -0.2) is 22.0 Å². The van der Waals surface area contributed by atoms with Crippen molar-refractivity contribution in [2.45, 2.75) is 18.9 Å². The van der Waals surface area contributed by atoms with Crippen LogP contribution in [0, 0.1) is 21.8 Å². The van der Waals surface area contributed by atoms with Crippen LogP contribution in [0.15, 0.2) is 18.2 Å². The number of nitro groups is 1. The number of rotatable bonds is 5. The fourth-order valence-corrected chi connectivity index (χ4v) is 1.76. The van der Waals surface area contributed by atoms with Crippen LogP contribution in [0.25, 0.3) is 0 Å². The van der Waals surface area contributed by atoms with Gasteiger partial charge in [0.25, 0.3) is 5.69 Å². The smallest absolute Gasteiger partial charge is 0.326 e. The van der Waals surface area contributed by atoms with Crippen LogP contribution < -0.4 is 5.32 Å². The van der Waals surface area contributed by atoms with Crippen LogP contribution in [-0.2, 0) is 4.79 Å². The van der Waals surface area contributed by atoms with Gasteiger partial charge >= 0.3 is 5.97 Å². The molecule has 1 aromatic rings. The molecule has 1 unspecified atom stereocenters. The van der Waals surface area contributed by atoms with Crippen molar-refractivity contribution in [3.8, 4) is 0 Å². The minimum atomic E-state index is -1.06. The van der Waals surface area contributed by atoms with Gasteiger partial charge < -0.3 is 10.4 Å². The van der Waals surface area contributed by atoms with E-state index < -0.39 is 28.4 Å². The lowest BCUT2D eigenvalue weighted by Crippen LogP contribution is -2.31.